The molecule has 1 unspecified atom stereocenters. The number of methoxy groups -OCH3 is 2. The Balaban J connectivity index is 3.00. The van der Waals surface area contributed by atoms with Crippen LogP contribution in [0.15, 0.2) is 10.9 Å². The number of hydrogen-bond acceptors (Lipinski definition) is 4. The molecule has 0 spiro atoms. The van der Waals surface area contributed by atoms with Crippen LogP contribution in [0, 0.1) is 0 Å². The lowest BCUT2D eigenvalue weighted by molar-refractivity contribution is 0.110. The van der Waals surface area contributed by atoms with Crippen LogP contribution in [0.4, 0.5) is 0 Å². The minimum Gasteiger partial charge on any atom is -0.378 e. The quantitative estimate of drug-likeness (QED) is 0.770. The van der Waals surface area contributed by atoms with Crippen molar-refractivity contribution in [2.45, 2.75) is 19.6 Å². The summed E-state index contributed by atoms with van der Waals surface area (Å²) < 4.78 is 9.95. The summed E-state index contributed by atoms with van der Waals surface area (Å²) in [6.45, 7) is 2.14. The van der Waals surface area contributed by atoms with Crippen LogP contribution in [0.1, 0.15) is 24.5 Å². The van der Waals surface area contributed by atoms with E-state index in [1.54, 1.807) is 14.2 Å². The van der Waals surface area contributed by atoms with Gasteiger partial charge in [0.25, 0.3) is 5.56 Å². The van der Waals surface area contributed by atoms with Crippen LogP contribution in [0.2, 0.25) is 0 Å². The minimum atomic E-state index is -0.223. The summed E-state index contributed by atoms with van der Waals surface area (Å²) in [5.74, 6) is 0.520. The van der Waals surface area contributed by atoms with E-state index in [0.29, 0.717) is 18.1 Å². The lowest BCUT2D eigenvalue weighted by Crippen LogP contribution is -2.15. The summed E-state index contributed by atoms with van der Waals surface area (Å²) in [5.41, 5.74) is 0.418. The largest absolute Gasteiger partial charge is 0.378 e. The number of aromatic nitrogens is 2. The highest BCUT2D eigenvalue weighted by Gasteiger charge is 2.08. The van der Waals surface area contributed by atoms with E-state index in [1.165, 1.54) is 6.07 Å². The van der Waals surface area contributed by atoms with Crippen LogP contribution in [0.25, 0.3) is 0 Å². The third-order valence-corrected chi connectivity index (χ3v) is 1.84. The van der Waals surface area contributed by atoms with Gasteiger partial charge in [0.2, 0.25) is 0 Å². The van der Waals surface area contributed by atoms with Crippen LogP contribution in [-0.4, -0.2) is 24.2 Å². The third-order valence-electron chi connectivity index (χ3n) is 1.84. The number of ether oxygens (including phenoxy) is 2. The molecule has 0 bridgehead atoms. The average molecular weight is 198 g/mol. The van der Waals surface area contributed by atoms with E-state index in [1.807, 2.05) is 6.92 Å². The molecule has 1 aromatic heterocycles. The van der Waals surface area contributed by atoms with Crippen molar-refractivity contribution in [1.29, 1.82) is 0 Å². The summed E-state index contributed by atoms with van der Waals surface area (Å²) in [6, 6.07) is 1.41. The molecule has 0 fully saturated rings. The molecule has 1 rings (SSSR count). The van der Waals surface area contributed by atoms with Crippen molar-refractivity contribution in [3.63, 3.8) is 0 Å². The topological polar surface area (TPSA) is 64.2 Å². The second-order valence-corrected chi connectivity index (χ2v) is 2.93. The first kappa shape index (κ1) is 10.9. The zero-order valence-corrected chi connectivity index (χ0v) is 8.53. The van der Waals surface area contributed by atoms with Crippen molar-refractivity contribution in [2.24, 2.45) is 0 Å². The molecule has 0 saturated carbocycles. The van der Waals surface area contributed by atoms with Crippen LogP contribution >= 0.6 is 0 Å². The van der Waals surface area contributed by atoms with Gasteiger partial charge in [0.1, 0.15) is 11.9 Å². The smallest absolute Gasteiger partial charge is 0.251 e. The normalized spacial score (nSPS) is 12.8. The third kappa shape index (κ3) is 2.65. The Kier molecular flexibility index (Phi) is 3.79. The van der Waals surface area contributed by atoms with Gasteiger partial charge in [-0.1, -0.05) is 0 Å². The van der Waals surface area contributed by atoms with Gasteiger partial charge < -0.3 is 14.5 Å². The van der Waals surface area contributed by atoms with Crippen LogP contribution in [0.5, 0.6) is 0 Å². The fourth-order valence-electron chi connectivity index (χ4n) is 1.05. The monoisotopic (exact) mass is 198 g/mol. The Morgan fingerprint density at radius 3 is 2.86 bits per heavy atom. The van der Waals surface area contributed by atoms with Gasteiger partial charge in [-0.25, -0.2) is 4.98 Å². The van der Waals surface area contributed by atoms with E-state index in [2.05, 4.69) is 9.97 Å². The van der Waals surface area contributed by atoms with Crippen molar-refractivity contribution >= 4 is 0 Å². The number of hydrogen-bond donors (Lipinski definition) is 1. The van der Waals surface area contributed by atoms with Gasteiger partial charge in [0.15, 0.2) is 0 Å². The molecule has 78 valence electrons. The van der Waals surface area contributed by atoms with E-state index in [-0.39, 0.29) is 11.7 Å². The maximum atomic E-state index is 11.2. The predicted molar refractivity (Wildman–Crippen MR) is 51.0 cm³/mol. The van der Waals surface area contributed by atoms with E-state index in [0.717, 1.165) is 0 Å². The van der Waals surface area contributed by atoms with E-state index >= 15 is 0 Å². The van der Waals surface area contributed by atoms with Gasteiger partial charge in [-0.2, -0.15) is 0 Å². The Labute approximate surface area is 82.1 Å². The molecule has 5 heteroatoms. The maximum Gasteiger partial charge on any atom is 0.251 e. The Morgan fingerprint density at radius 1 is 1.57 bits per heavy atom. The predicted octanol–water partition coefficient (Wildman–Crippen LogP) is 0.624. The highest BCUT2D eigenvalue weighted by molar-refractivity contribution is 5.03. The molecule has 0 radical (unpaired) electrons. The van der Waals surface area contributed by atoms with Crippen LogP contribution < -0.4 is 5.56 Å². The molecule has 0 aliphatic carbocycles. The molecule has 1 heterocycles. The van der Waals surface area contributed by atoms with Crippen molar-refractivity contribution in [3.8, 4) is 0 Å². The molecule has 0 aliphatic heterocycles. The molecule has 0 saturated heterocycles. The van der Waals surface area contributed by atoms with Gasteiger partial charge in [-0.05, 0) is 6.92 Å². The van der Waals surface area contributed by atoms with Gasteiger partial charge in [-0.15, -0.1) is 0 Å². The van der Waals surface area contributed by atoms with Crippen LogP contribution in [-0.2, 0) is 16.1 Å². The molecule has 1 atom stereocenters. The first-order valence-electron chi connectivity index (χ1n) is 4.29. The fourth-order valence-corrected chi connectivity index (χ4v) is 1.05. The van der Waals surface area contributed by atoms with Gasteiger partial charge in [-0.3, -0.25) is 4.79 Å². The zero-order chi connectivity index (χ0) is 10.6. The fraction of sp³-hybridized carbons (Fsp3) is 0.556. The summed E-state index contributed by atoms with van der Waals surface area (Å²) >= 11 is 0. The van der Waals surface area contributed by atoms with E-state index in [4.69, 9.17) is 9.47 Å². The molecular weight excluding hydrogens is 184 g/mol. The van der Waals surface area contributed by atoms with E-state index < -0.39 is 0 Å². The summed E-state index contributed by atoms with van der Waals surface area (Å²) in [7, 11) is 3.12. The molecule has 14 heavy (non-hydrogen) atoms. The van der Waals surface area contributed by atoms with Crippen LogP contribution in [0.3, 0.4) is 0 Å². The maximum absolute atomic E-state index is 11.2. The number of rotatable bonds is 4. The number of nitrogens with zero attached hydrogens (tertiary/aromatic N) is 1. The highest BCUT2D eigenvalue weighted by atomic mass is 16.5. The second kappa shape index (κ2) is 4.88. The minimum absolute atomic E-state index is 0.189. The molecule has 1 N–H and O–H groups in total. The summed E-state index contributed by atoms with van der Waals surface area (Å²) in [4.78, 5) is 18.0. The van der Waals surface area contributed by atoms with Crippen molar-refractivity contribution in [2.75, 3.05) is 14.2 Å². The molecule has 0 aromatic carbocycles. The summed E-state index contributed by atoms with van der Waals surface area (Å²) in [5, 5.41) is 0. The highest BCUT2D eigenvalue weighted by Crippen LogP contribution is 2.08. The average Bonchev–Trinajstić information content (AvgIpc) is 2.16. The van der Waals surface area contributed by atoms with E-state index in [9.17, 15) is 4.79 Å². The lowest BCUT2D eigenvalue weighted by atomic mass is 10.3. The Hall–Kier alpha value is -1.20. The summed E-state index contributed by atoms with van der Waals surface area (Å²) in [6.07, 6.45) is -0.223. The molecule has 0 amide bonds. The Bertz CT molecular complexity index is 348. The van der Waals surface area contributed by atoms with Crippen molar-refractivity contribution < 1.29 is 9.47 Å². The number of nitrogens with one attached hydrogen (secondary N) is 1. The SMILES string of the molecule is COCc1cc(=O)[nH]c(C(C)OC)n1. The van der Waals surface area contributed by atoms with Crippen molar-refractivity contribution in [3.05, 3.63) is 27.9 Å². The van der Waals surface area contributed by atoms with Gasteiger partial charge in [0.05, 0.1) is 12.3 Å². The molecule has 0 aliphatic rings. The zero-order valence-electron chi connectivity index (χ0n) is 8.53. The second-order valence-electron chi connectivity index (χ2n) is 2.93. The molecular formula is C9H14N2O3. The van der Waals surface area contributed by atoms with Gasteiger partial charge >= 0.3 is 0 Å². The lowest BCUT2D eigenvalue weighted by Gasteiger charge is -2.09. The number of H-pyrrole nitrogens is 1. The molecule has 1 aromatic rings. The number of aromatic amines is 1. The van der Waals surface area contributed by atoms with Gasteiger partial charge in [0, 0.05) is 20.3 Å². The van der Waals surface area contributed by atoms with Crippen molar-refractivity contribution in [1.82, 2.24) is 9.97 Å². The Morgan fingerprint density at radius 2 is 2.29 bits per heavy atom. The standard InChI is InChI=1S/C9H14N2O3/c1-6(14-3)9-10-7(5-13-2)4-8(12)11-9/h4,6H,5H2,1-3H3,(H,10,11,12). The molecule has 5 nitrogen and oxygen atoms in total. The first-order chi connectivity index (χ1) is 6.67. The first-order valence-corrected chi connectivity index (χ1v) is 4.29.